The van der Waals surface area contributed by atoms with Crippen molar-refractivity contribution in [2.24, 2.45) is 0 Å². The SMILES string of the molecule is C1[N]COO1. The van der Waals surface area contributed by atoms with Gasteiger partial charge < -0.3 is 0 Å². The third-order valence-corrected chi connectivity index (χ3v) is 0.371. The van der Waals surface area contributed by atoms with Crippen LogP contribution in [0, 0.1) is 0 Å². The standard InChI is InChI=1S/C2H4NO2/c1-3-2-5-4-1/h1-2H2. The topological polar surface area (TPSA) is 32.6 Å². The monoisotopic (exact) mass is 74.0 g/mol. The molecule has 3 heteroatoms. The van der Waals surface area contributed by atoms with E-state index >= 15 is 0 Å². The van der Waals surface area contributed by atoms with Gasteiger partial charge in [-0.1, -0.05) is 0 Å². The molecule has 1 aliphatic heterocycles. The summed E-state index contributed by atoms with van der Waals surface area (Å²) in [7, 11) is 0. The van der Waals surface area contributed by atoms with Crippen LogP contribution in [0.2, 0.25) is 0 Å². The summed E-state index contributed by atoms with van der Waals surface area (Å²) in [5.41, 5.74) is 0. The fraction of sp³-hybridized carbons (Fsp3) is 1.00. The second-order valence-electron chi connectivity index (χ2n) is 0.718. The Morgan fingerprint density at radius 2 is 1.80 bits per heavy atom. The van der Waals surface area contributed by atoms with E-state index in [4.69, 9.17) is 0 Å². The van der Waals surface area contributed by atoms with Crippen molar-refractivity contribution < 1.29 is 9.78 Å². The van der Waals surface area contributed by atoms with Crippen LogP contribution >= 0.6 is 0 Å². The first-order chi connectivity index (χ1) is 2.50. The minimum atomic E-state index is 0.403. The Hall–Kier alpha value is -0.120. The van der Waals surface area contributed by atoms with Crippen LogP contribution in [0.15, 0.2) is 0 Å². The van der Waals surface area contributed by atoms with Gasteiger partial charge in [0.05, 0.1) is 0 Å². The fourth-order valence-electron chi connectivity index (χ4n) is 0.186. The van der Waals surface area contributed by atoms with Gasteiger partial charge in [0.2, 0.25) is 0 Å². The largest absolute Gasteiger partial charge is 0.218 e. The van der Waals surface area contributed by atoms with Crippen molar-refractivity contribution >= 4 is 0 Å². The molecule has 1 fully saturated rings. The quantitative estimate of drug-likeness (QED) is 0.362. The summed E-state index contributed by atoms with van der Waals surface area (Å²) in [6.45, 7) is 0.806. The molecule has 0 aromatic rings. The Balaban J connectivity index is 2.08. The summed E-state index contributed by atoms with van der Waals surface area (Å²) in [6.07, 6.45) is 0. The summed E-state index contributed by atoms with van der Waals surface area (Å²) in [6, 6.07) is 0. The number of hydrogen-bond acceptors (Lipinski definition) is 2. The molecule has 1 rings (SSSR count). The smallest absolute Gasteiger partial charge is 0.150 e. The molecule has 0 bridgehead atoms. The van der Waals surface area contributed by atoms with Gasteiger partial charge >= 0.3 is 0 Å². The van der Waals surface area contributed by atoms with Gasteiger partial charge in [0.15, 0.2) is 13.5 Å². The molecule has 0 unspecified atom stereocenters. The van der Waals surface area contributed by atoms with Crippen LogP contribution in [-0.2, 0) is 9.78 Å². The van der Waals surface area contributed by atoms with Gasteiger partial charge in [-0.3, -0.25) is 0 Å². The molecule has 0 spiro atoms. The molecule has 0 saturated carbocycles. The van der Waals surface area contributed by atoms with Crippen molar-refractivity contribution in [2.45, 2.75) is 0 Å². The lowest BCUT2D eigenvalue weighted by Gasteiger charge is -1.74. The first-order valence-corrected chi connectivity index (χ1v) is 1.38. The molecule has 0 aromatic heterocycles. The van der Waals surface area contributed by atoms with E-state index in [1.807, 2.05) is 0 Å². The Morgan fingerprint density at radius 1 is 1.20 bits per heavy atom. The second-order valence-corrected chi connectivity index (χ2v) is 0.718. The average molecular weight is 74.1 g/mol. The average Bonchev–Trinajstić information content (AvgIpc) is 1.76. The maximum absolute atomic E-state index is 4.28. The van der Waals surface area contributed by atoms with E-state index in [2.05, 4.69) is 15.1 Å². The first-order valence-electron chi connectivity index (χ1n) is 1.38. The Kier molecular flexibility index (Phi) is 0.834. The Labute approximate surface area is 29.8 Å². The van der Waals surface area contributed by atoms with Crippen LogP contribution in [0.4, 0.5) is 0 Å². The summed E-state index contributed by atoms with van der Waals surface area (Å²) in [5.74, 6) is 0. The molecule has 0 amide bonds. The zero-order valence-corrected chi connectivity index (χ0v) is 2.68. The van der Waals surface area contributed by atoms with Crippen LogP contribution < -0.4 is 5.32 Å². The van der Waals surface area contributed by atoms with Crippen molar-refractivity contribution in [3.8, 4) is 0 Å². The van der Waals surface area contributed by atoms with Crippen LogP contribution in [0.25, 0.3) is 0 Å². The van der Waals surface area contributed by atoms with Crippen LogP contribution in [0.3, 0.4) is 0 Å². The summed E-state index contributed by atoms with van der Waals surface area (Å²) >= 11 is 0. The van der Waals surface area contributed by atoms with Crippen molar-refractivity contribution in [3.63, 3.8) is 0 Å². The van der Waals surface area contributed by atoms with Gasteiger partial charge in [-0.05, 0) is 0 Å². The summed E-state index contributed by atoms with van der Waals surface area (Å²) in [4.78, 5) is 8.56. The van der Waals surface area contributed by atoms with Crippen LogP contribution in [-0.4, -0.2) is 13.5 Å². The van der Waals surface area contributed by atoms with Gasteiger partial charge in [0.1, 0.15) is 0 Å². The fourth-order valence-corrected chi connectivity index (χ4v) is 0.186. The number of nitrogens with zero attached hydrogens (tertiary/aromatic N) is 1. The van der Waals surface area contributed by atoms with Gasteiger partial charge in [0, 0.05) is 0 Å². The molecule has 1 heterocycles. The van der Waals surface area contributed by atoms with Crippen molar-refractivity contribution in [2.75, 3.05) is 13.5 Å². The highest BCUT2D eigenvalue weighted by molar-refractivity contribution is 4.20. The molecule has 0 atom stereocenters. The zero-order valence-electron chi connectivity index (χ0n) is 2.68. The predicted octanol–water partition coefficient (Wildman–Crippen LogP) is -0.532. The molecule has 0 N–H and O–H groups in total. The minimum absolute atomic E-state index is 0.403. The maximum atomic E-state index is 4.28. The third kappa shape index (κ3) is 0.576. The molecule has 0 aliphatic carbocycles. The summed E-state index contributed by atoms with van der Waals surface area (Å²) < 4.78 is 0. The van der Waals surface area contributed by atoms with E-state index in [0.29, 0.717) is 13.5 Å². The molecule has 5 heavy (non-hydrogen) atoms. The highest BCUT2D eigenvalue weighted by atomic mass is 17.2. The Bertz CT molecular complexity index is 19.2. The minimum Gasteiger partial charge on any atom is -0.218 e. The highest BCUT2D eigenvalue weighted by Crippen LogP contribution is 1.81. The lowest BCUT2D eigenvalue weighted by atomic mass is 11.1. The molecular weight excluding hydrogens is 70.0 g/mol. The number of rotatable bonds is 0. The zero-order chi connectivity index (χ0) is 3.54. The third-order valence-electron chi connectivity index (χ3n) is 0.371. The molecule has 1 aliphatic rings. The van der Waals surface area contributed by atoms with E-state index in [0.717, 1.165) is 0 Å². The normalized spacial score (nSPS) is 24.0. The molecule has 3 nitrogen and oxygen atoms in total. The van der Waals surface area contributed by atoms with E-state index in [9.17, 15) is 0 Å². The van der Waals surface area contributed by atoms with Gasteiger partial charge in [-0.2, -0.15) is 5.32 Å². The van der Waals surface area contributed by atoms with E-state index in [1.165, 1.54) is 0 Å². The van der Waals surface area contributed by atoms with E-state index in [1.54, 1.807) is 0 Å². The molecular formula is C2H4NO2. The van der Waals surface area contributed by atoms with Crippen LogP contribution in [0.1, 0.15) is 0 Å². The lowest BCUT2D eigenvalue weighted by Crippen LogP contribution is -1.93. The summed E-state index contributed by atoms with van der Waals surface area (Å²) in [5, 5.41) is 3.64. The number of hydrogen-bond donors (Lipinski definition) is 0. The van der Waals surface area contributed by atoms with Gasteiger partial charge in [-0.25, -0.2) is 9.78 Å². The van der Waals surface area contributed by atoms with Crippen molar-refractivity contribution in [1.82, 2.24) is 5.32 Å². The molecule has 1 radical (unpaired) electrons. The van der Waals surface area contributed by atoms with E-state index in [-0.39, 0.29) is 0 Å². The van der Waals surface area contributed by atoms with Crippen molar-refractivity contribution in [3.05, 3.63) is 0 Å². The second kappa shape index (κ2) is 1.35. The lowest BCUT2D eigenvalue weighted by molar-refractivity contribution is -0.248. The Morgan fingerprint density at radius 3 is 2.00 bits per heavy atom. The molecule has 0 aromatic carbocycles. The van der Waals surface area contributed by atoms with Crippen molar-refractivity contribution in [1.29, 1.82) is 0 Å². The predicted molar refractivity (Wildman–Crippen MR) is 14.0 cm³/mol. The van der Waals surface area contributed by atoms with Crippen LogP contribution in [0.5, 0.6) is 0 Å². The van der Waals surface area contributed by atoms with Gasteiger partial charge in [0.25, 0.3) is 0 Å². The highest BCUT2D eigenvalue weighted by Gasteiger charge is 1.95. The van der Waals surface area contributed by atoms with Gasteiger partial charge in [-0.15, -0.1) is 0 Å². The first kappa shape index (κ1) is 3.08. The maximum Gasteiger partial charge on any atom is 0.150 e. The molecule has 1 saturated heterocycles. The molecule has 29 valence electrons. The van der Waals surface area contributed by atoms with E-state index < -0.39 is 0 Å².